The van der Waals surface area contributed by atoms with Crippen molar-refractivity contribution in [3.8, 4) is 0 Å². The second-order valence-corrected chi connectivity index (χ2v) is 5.62. The fourth-order valence-corrected chi connectivity index (χ4v) is 3.04. The summed E-state index contributed by atoms with van der Waals surface area (Å²) in [6.07, 6.45) is 5.50. The lowest BCUT2D eigenvalue weighted by atomic mass is 10.0. The standard InChI is InChI=1S/C12H19N3S/c1-2-12(1)15-5-3-10(4-6-15)13-7-11-8-16-9-14-11/h8-10,12-13H,1-7H2. The van der Waals surface area contributed by atoms with Gasteiger partial charge < -0.3 is 10.2 Å². The second-order valence-electron chi connectivity index (χ2n) is 4.90. The van der Waals surface area contributed by atoms with Crippen LogP contribution in [0.3, 0.4) is 0 Å². The quantitative estimate of drug-likeness (QED) is 0.866. The van der Waals surface area contributed by atoms with Gasteiger partial charge in [-0.2, -0.15) is 0 Å². The summed E-state index contributed by atoms with van der Waals surface area (Å²) in [5, 5.41) is 5.75. The average molecular weight is 237 g/mol. The second kappa shape index (κ2) is 4.82. The van der Waals surface area contributed by atoms with Crippen molar-refractivity contribution in [2.45, 2.75) is 44.3 Å². The molecule has 3 rings (SSSR count). The Hall–Kier alpha value is -0.450. The Labute approximate surface area is 101 Å². The monoisotopic (exact) mass is 237 g/mol. The zero-order chi connectivity index (χ0) is 10.8. The highest BCUT2D eigenvalue weighted by molar-refractivity contribution is 7.07. The Morgan fingerprint density at radius 2 is 2.12 bits per heavy atom. The first-order chi connectivity index (χ1) is 7.92. The van der Waals surface area contributed by atoms with E-state index in [-0.39, 0.29) is 0 Å². The Morgan fingerprint density at radius 1 is 1.31 bits per heavy atom. The largest absolute Gasteiger partial charge is 0.308 e. The zero-order valence-corrected chi connectivity index (χ0v) is 10.4. The third kappa shape index (κ3) is 2.62. The maximum Gasteiger partial charge on any atom is 0.0795 e. The molecule has 1 aromatic rings. The number of rotatable bonds is 4. The van der Waals surface area contributed by atoms with E-state index in [9.17, 15) is 0 Å². The van der Waals surface area contributed by atoms with Crippen molar-refractivity contribution in [1.82, 2.24) is 15.2 Å². The third-order valence-electron chi connectivity index (χ3n) is 3.65. The van der Waals surface area contributed by atoms with E-state index in [1.807, 2.05) is 5.51 Å². The van der Waals surface area contributed by atoms with Crippen molar-refractivity contribution in [3.05, 3.63) is 16.6 Å². The van der Waals surface area contributed by atoms with E-state index in [1.54, 1.807) is 11.3 Å². The molecule has 1 N–H and O–H groups in total. The van der Waals surface area contributed by atoms with Crippen LogP contribution in [0.5, 0.6) is 0 Å². The summed E-state index contributed by atoms with van der Waals surface area (Å²) in [7, 11) is 0. The molecule has 0 radical (unpaired) electrons. The maximum absolute atomic E-state index is 4.30. The van der Waals surface area contributed by atoms with Crippen molar-refractivity contribution in [1.29, 1.82) is 0 Å². The highest BCUT2D eigenvalue weighted by Crippen LogP contribution is 2.29. The molecule has 1 aliphatic heterocycles. The van der Waals surface area contributed by atoms with Crippen molar-refractivity contribution in [2.75, 3.05) is 13.1 Å². The molecule has 1 aliphatic carbocycles. The van der Waals surface area contributed by atoms with Gasteiger partial charge in [-0.25, -0.2) is 4.98 Å². The minimum absolute atomic E-state index is 0.705. The smallest absolute Gasteiger partial charge is 0.0795 e. The van der Waals surface area contributed by atoms with E-state index in [4.69, 9.17) is 0 Å². The number of hydrogen-bond acceptors (Lipinski definition) is 4. The van der Waals surface area contributed by atoms with Crippen LogP contribution in [0.4, 0.5) is 0 Å². The van der Waals surface area contributed by atoms with Gasteiger partial charge in [-0.15, -0.1) is 11.3 Å². The first-order valence-electron chi connectivity index (χ1n) is 6.26. The van der Waals surface area contributed by atoms with Crippen LogP contribution in [0.2, 0.25) is 0 Å². The third-order valence-corrected chi connectivity index (χ3v) is 4.28. The van der Waals surface area contributed by atoms with Crippen molar-refractivity contribution >= 4 is 11.3 Å². The number of nitrogens with one attached hydrogen (secondary N) is 1. The zero-order valence-electron chi connectivity index (χ0n) is 9.56. The number of nitrogens with zero attached hydrogens (tertiary/aromatic N) is 2. The average Bonchev–Trinajstić information content (AvgIpc) is 3.05. The summed E-state index contributed by atoms with van der Waals surface area (Å²) < 4.78 is 0. The van der Waals surface area contributed by atoms with E-state index in [2.05, 4.69) is 20.6 Å². The van der Waals surface area contributed by atoms with Gasteiger partial charge in [0.05, 0.1) is 11.2 Å². The lowest BCUT2D eigenvalue weighted by molar-refractivity contribution is 0.189. The SMILES string of the molecule is c1nc(CNC2CCN(C3CC3)CC2)cs1. The van der Waals surface area contributed by atoms with Crippen LogP contribution in [0.25, 0.3) is 0 Å². The summed E-state index contributed by atoms with van der Waals surface area (Å²) in [6.45, 7) is 3.52. The Bertz CT molecular complexity index is 313. The van der Waals surface area contributed by atoms with Crippen LogP contribution < -0.4 is 5.32 Å². The van der Waals surface area contributed by atoms with E-state index < -0.39 is 0 Å². The molecule has 2 aliphatic rings. The highest BCUT2D eigenvalue weighted by atomic mass is 32.1. The molecule has 0 unspecified atom stereocenters. The van der Waals surface area contributed by atoms with Crippen molar-refractivity contribution < 1.29 is 0 Å². The molecule has 1 saturated heterocycles. The summed E-state index contributed by atoms with van der Waals surface area (Å²) in [6, 6.07) is 1.65. The minimum atomic E-state index is 0.705. The van der Waals surface area contributed by atoms with Gasteiger partial charge in [0.2, 0.25) is 0 Å². The minimum Gasteiger partial charge on any atom is -0.308 e. The van der Waals surface area contributed by atoms with Gasteiger partial charge >= 0.3 is 0 Å². The highest BCUT2D eigenvalue weighted by Gasteiger charge is 2.31. The van der Waals surface area contributed by atoms with Gasteiger partial charge in [0.25, 0.3) is 0 Å². The molecule has 0 atom stereocenters. The molecular formula is C12H19N3S. The van der Waals surface area contributed by atoms with Gasteiger partial charge in [-0.3, -0.25) is 0 Å². The molecule has 0 aromatic carbocycles. The first-order valence-corrected chi connectivity index (χ1v) is 7.20. The van der Waals surface area contributed by atoms with E-state index in [1.165, 1.54) is 44.5 Å². The normalized spacial score (nSPS) is 23.8. The first kappa shape index (κ1) is 10.7. The fraction of sp³-hybridized carbons (Fsp3) is 0.750. The van der Waals surface area contributed by atoms with E-state index >= 15 is 0 Å². The molecule has 4 heteroatoms. The van der Waals surface area contributed by atoms with Crippen LogP contribution >= 0.6 is 11.3 Å². The lowest BCUT2D eigenvalue weighted by Gasteiger charge is -2.32. The van der Waals surface area contributed by atoms with Crippen LogP contribution in [-0.2, 0) is 6.54 Å². The molecule has 0 amide bonds. The molecule has 2 fully saturated rings. The molecule has 0 spiro atoms. The predicted molar refractivity (Wildman–Crippen MR) is 66.6 cm³/mol. The number of thiazole rings is 1. The Kier molecular flexibility index (Phi) is 3.22. The topological polar surface area (TPSA) is 28.2 Å². The number of aromatic nitrogens is 1. The lowest BCUT2D eigenvalue weighted by Crippen LogP contribution is -2.43. The van der Waals surface area contributed by atoms with Gasteiger partial charge in [-0.1, -0.05) is 0 Å². The van der Waals surface area contributed by atoms with Crippen molar-refractivity contribution in [2.24, 2.45) is 0 Å². The molecule has 1 saturated carbocycles. The summed E-state index contributed by atoms with van der Waals surface area (Å²) in [5.41, 5.74) is 3.10. The van der Waals surface area contributed by atoms with Crippen LogP contribution in [-0.4, -0.2) is 35.1 Å². The molecule has 3 nitrogen and oxygen atoms in total. The molecule has 1 aromatic heterocycles. The summed E-state index contributed by atoms with van der Waals surface area (Å²) >= 11 is 1.68. The Morgan fingerprint density at radius 3 is 2.75 bits per heavy atom. The predicted octanol–water partition coefficient (Wildman–Crippen LogP) is 1.86. The maximum atomic E-state index is 4.30. The van der Waals surface area contributed by atoms with Crippen LogP contribution in [0.1, 0.15) is 31.4 Å². The van der Waals surface area contributed by atoms with Gasteiger partial charge in [0.1, 0.15) is 0 Å². The molecular weight excluding hydrogens is 218 g/mol. The summed E-state index contributed by atoms with van der Waals surface area (Å²) in [4.78, 5) is 6.97. The van der Waals surface area contributed by atoms with E-state index in [0.29, 0.717) is 6.04 Å². The Balaban J connectivity index is 1.40. The van der Waals surface area contributed by atoms with Gasteiger partial charge in [0.15, 0.2) is 0 Å². The fourth-order valence-electron chi connectivity index (χ4n) is 2.48. The van der Waals surface area contributed by atoms with Crippen LogP contribution in [0.15, 0.2) is 10.9 Å². The molecule has 16 heavy (non-hydrogen) atoms. The number of hydrogen-bond donors (Lipinski definition) is 1. The van der Waals surface area contributed by atoms with Crippen LogP contribution in [0, 0.1) is 0 Å². The molecule has 0 bridgehead atoms. The van der Waals surface area contributed by atoms with Crippen molar-refractivity contribution in [3.63, 3.8) is 0 Å². The summed E-state index contributed by atoms with van der Waals surface area (Å²) in [5.74, 6) is 0. The van der Waals surface area contributed by atoms with Gasteiger partial charge in [0, 0.05) is 24.0 Å². The van der Waals surface area contributed by atoms with Gasteiger partial charge in [-0.05, 0) is 38.8 Å². The van der Waals surface area contributed by atoms with E-state index in [0.717, 1.165) is 12.6 Å². The number of likely N-dealkylation sites (tertiary alicyclic amines) is 1. The molecule has 2 heterocycles. The molecule has 88 valence electrons. The number of piperidine rings is 1.